The number of thiazole rings is 1. The van der Waals surface area contributed by atoms with Crippen LogP contribution in [-0.2, 0) is 0 Å². The number of aromatic nitrogens is 1. The summed E-state index contributed by atoms with van der Waals surface area (Å²) in [7, 11) is 0. The summed E-state index contributed by atoms with van der Waals surface area (Å²) in [5.74, 6) is 0.00396. The number of anilines is 1. The highest BCUT2D eigenvalue weighted by Gasteiger charge is 2.20. The van der Waals surface area contributed by atoms with Crippen molar-refractivity contribution in [3.63, 3.8) is 0 Å². The van der Waals surface area contributed by atoms with Crippen molar-refractivity contribution in [1.82, 2.24) is 15.2 Å². The molecule has 0 radical (unpaired) electrons. The summed E-state index contributed by atoms with van der Waals surface area (Å²) in [6, 6.07) is 13.9. The molecule has 1 N–H and O–H groups in total. The summed E-state index contributed by atoms with van der Waals surface area (Å²) >= 11 is 7.48. The average Bonchev–Trinajstić information content (AvgIpc) is 3.12. The standard InChI is InChI=1S/C20H20BrIN4OS.ClH/c21-14-5-6-17-18(13-14)28-20(24-17)26-11-9-25(10-12-26)8-7-23-19(27)15-3-1-2-4-16(15)22;/h1-6,13H,7-12H2,(H,23,27);1H. The van der Waals surface area contributed by atoms with Gasteiger partial charge in [-0.05, 0) is 52.9 Å². The zero-order valence-corrected chi connectivity index (χ0v) is 21.0. The van der Waals surface area contributed by atoms with Gasteiger partial charge in [0, 0.05) is 47.3 Å². The van der Waals surface area contributed by atoms with Crippen molar-refractivity contribution in [2.24, 2.45) is 0 Å². The van der Waals surface area contributed by atoms with Gasteiger partial charge in [0.25, 0.3) is 5.91 Å². The van der Waals surface area contributed by atoms with E-state index in [9.17, 15) is 4.79 Å². The number of nitrogens with one attached hydrogen (secondary N) is 1. The van der Waals surface area contributed by atoms with Gasteiger partial charge in [-0.2, -0.15) is 0 Å². The highest BCUT2D eigenvalue weighted by atomic mass is 127. The first-order valence-corrected chi connectivity index (χ1v) is 11.8. The Hall–Kier alpha value is -0.940. The van der Waals surface area contributed by atoms with Crippen LogP contribution in [-0.4, -0.2) is 55.1 Å². The maximum Gasteiger partial charge on any atom is 0.252 e. The normalized spacial score (nSPS) is 14.6. The van der Waals surface area contributed by atoms with Gasteiger partial charge in [0.1, 0.15) is 0 Å². The lowest BCUT2D eigenvalue weighted by atomic mass is 10.2. The molecule has 1 aliphatic rings. The smallest absolute Gasteiger partial charge is 0.252 e. The second-order valence-electron chi connectivity index (χ2n) is 6.67. The van der Waals surface area contributed by atoms with Gasteiger partial charge in [0.2, 0.25) is 0 Å². The SMILES string of the molecule is Cl.O=C(NCCN1CCN(c2nc3ccc(Br)cc3s2)CC1)c1ccccc1I. The Balaban J connectivity index is 0.00000240. The van der Waals surface area contributed by atoms with Gasteiger partial charge < -0.3 is 10.2 Å². The van der Waals surface area contributed by atoms with Crippen LogP contribution in [0.2, 0.25) is 0 Å². The minimum absolute atomic E-state index is 0. The number of fused-ring (bicyclic) bond motifs is 1. The first kappa shape index (κ1) is 22.7. The number of amides is 1. The van der Waals surface area contributed by atoms with E-state index in [1.807, 2.05) is 30.3 Å². The third-order valence-corrected chi connectivity index (χ3v) is 7.33. The molecule has 1 amide bonds. The van der Waals surface area contributed by atoms with Crippen molar-refractivity contribution >= 4 is 83.5 Å². The van der Waals surface area contributed by atoms with Crippen molar-refractivity contribution in [2.45, 2.75) is 0 Å². The molecule has 29 heavy (non-hydrogen) atoms. The number of carbonyl (C=O) groups excluding carboxylic acids is 1. The molecule has 0 bridgehead atoms. The zero-order chi connectivity index (χ0) is 19.5. The molecule has 0 saturated carbocycles. The fourth-order valence-electron chi connectivity index (χ4n) is 3.25. The number of nitrogens with zero attached hydrogens (tertiary/aromatic N) is 3. The number of benzene rings is 2. The van der Waals surface area contributed by atoms with E-state index in [1.54, 1.807) is 11.3 Å². The lowest BCUT2D eigenvalue weighted by Gasteiger charge is -2.34. The summed E-state index contributed by atoms with van der Waals surface area (Å²) in [6.07, 6.45) is 0. The zero-order valence-electron chi connectivity index (χ0n) is 15.6. The first-order chi connectivity index (χ1) is 13.6. The Bertz CT molecular complexity index is 994. The van der Waals surface area contributed by atoms with E-state index < -0.39 is 0 Å². The van der Waals surface area contributed by atoms with Gasteiger partial charge in [0.15, 0.2) is 5.13 Å². The van der Waals surface area contributed by atoms with Crippen LogP contribution in [0, 0.1) is 3.57 Å². The van der Waals surface area contributed by atoms with E-state index >= 15 is 0 Å². The molecule has 0 unspecified atom stereocenters. The van der Waals surface area contributed by atoms with Crippen molar-refractivity contribution in [1.29, 1.82) is 0 Å². The van der Waals surface area contributed by atoms with Crippen molar-refractivity contribution < 1.29 is 4.79 Å². The number of rotatable bonds is 5. The predicted octanol–water partition coefficient (Wildman–Crippen LogP) is 4.64. The van der Waals surface area contributed by atoms with E-state index in [0.717, 1.165) is 57.0 Å². The highest BCUT2D eigenvalue weighted by molar-refractivity contribution is 14.1. The van der Waals surface area contributed by atoms with Gasteiger partial charge in [-0.25, -0.2) is 4.98 Å². The van der Waals surface area contributed by atoms with Crippen LogP contribution >= 0.6 is 62.3 Å². The van der Waals surface area contributed by atoms with E-state index in [2.05, 4.69) is 65.8 Å². The van der Waals surface area contributed by atoms with Crippen LogP contribution in [0.25, 0.3) is 10.2 Å². The monoisotopic (exact) mass is 606 g/mol. The molecule has 2 heterocycles. The molecule has 0 spiro atoms. The quantitative estimate of drug-likeness (QED) is 0.430. The minimum atomic E-state index is 0. The predicted molar refractivity (Wildman–Crippen MR) is 135 cm³/mol. The molecular weight excluding hydrogens is 587 g/mol. The number of hydrogen-bond donors (Lipinski definition) is 1. The molecule has 3 aromatic rings. The number of piperazine rings is 1. The molecule has 9 heteroatoms. The van der Waals surface area contributed by atoms with Crippen LogP contribution < -0.4 is 10.2 Å². The number of carbonyl (C=O) groups is 1. The van der Waals surface area contributed by atoms with Gasteiger partial charge >= 0.3 is 0 Å². The van der Waals surface area contributed by atoms with Crippen molar-refractivity contribution in [3.05, 3.63) is 56.1 Å². The molecule has 4 rings (SSSR count). The fraction of sp³-hybridized carbons (Fsp3) is 0.300. The maximum atomic E-state index is 12.3. The molecule has 0 atom stereocenters. The average molecular weight is 608 g/mol. The van der Waals surface area contributed by atoms with Crippen molar-refractivity contribution in [3.8, 4) is 0 Å². The van der Waals surface area contributed by atoms with Gasteiger partial charge in [-0.15, -0.1) is 12.4 Å². The summed E-state index contributed by atoms with van der Waals surface area (Å²) in [4.78, 5) is 21.8. The molecule has 1 aliphatic heterocycles. The summed E-state index contributed by atoms with van der Waals surface area (Å²) < 4.78 is 3.28. The molecule has 0 aliphatic carbocycles. The van der Waals surface area contributed by atoms with Crippen LogP contribution in [0.15, 0.2) is 46.9 Å². The Morgan fingerprint density at radius 3 is 2.69 bits per heavy atom. The van der Waals surface area contributed by atoms with E-state index in [-0.39, 0.29) is 18.3 Å². The van der Waals surface area contributed by atoms with Gasteiger partial charge in [0.05, 0.1) is 15.8 Å². The van der Waals surface area contributed by atoms with Crippen LogP contribution in [0.4, 0.5) is 5.13 Å². The third-order valence-electron chi connectivity index (χ3n) is 4.81. The third kappa shape index (κ3) is 5.61. The van der Waals surface area contributed by atoms with Gasteiger partial charge in [-0.1, -0.05) is 39.4 Å². The van der Waals surface area contributed by atoms with E-state index in [4.69, 9.17) is 4.98 Å². The van der Waals surface area contributed by atoms with Crippen LogP contribution in [0.1, 0.15) is 10.4 Å². The Kier molecular flexibility index (Phi) is 8.15. The molecular formula is C20H21BrClIN4OS. The Labute approximate surface area is 202 Å². The molecule has 5 nitrogen and oxygen atoms in total. The van der Waals surface area contributed by atoms with E-state index in [0.29, 0.717) is 6.54 Å². The van der Waals surface area contributed by atoms with Crippen molar-refractivity contribution in [2.75, 3.05) is 44.2 Å². The molecule has 2 aromatic carbocycles. The highest BCUT2D eigenvalue weighted by Crippen LogP contribution is 2.31. The molecule has 154 valence electrons. The number of halogens is 3. The summed E-state index contributed by atoms with van der Waals surface area (Å²) in [6.45, 7) is 5.43. The van der Waals surface area contributed by atoms with Crippen LogP contribution in [0.5, 0.6) is 0 Å². The van der Waals surface area contributed by atoms with Gasteiger partial charge in [-0.3, -0.25) is 9.69 Å². The Morgan fingerprint density at radius 2 is 1.93 bits per heavy atom. The molecule has 1 fully saturated rings. The van der Waals surface area contributed by atoms with Crippen LogP contribution in [0.3, 0.4) is 0 Å². The summed E-state index contributed by atoms with van der Waals surface area (Å²) in [5, 5.41) is 4.14. The van der Waals surface area contributed by atoms with E-state index in [1.165, 1.54) is 4.70 Å². The maximum absolute atomic E-state index is 12.3. The molecule has 1 aromatic heterocycles. The first-order valence-electron chi connectivity index (χ1n) is 9.16. The molecule has 1 saturated heterocycles. The second kappa shape index (κ2) is 10.4. The lowest BCUT2D eigenvalue weighted by molar-refractivity contribution is 0.0947. The number of hydrogen-bond acceptors (Lipinski definition) is 5. The lowest BCUT2D eigenvalue weighted by Crippen LogP contribution is -2.48. The fourth-order valence-corrected chi connectivity index (χ4v) is 5.45. The minimum Gasteiger partial charge on any atom is -0.351 e. The Morgan fingerprint density at radius 1 is 1.17 bits per heavy atom. The second-order valence-corrected chi connectivity index (χ2v) is 9.76. The summed E-state index contributed by atoms with van der Waals surface area (Å²) in [5.41, 5.74) is 1.80. The largest absolute Gasteiger partial charge is 0.351 e. The topological polar surface area (TPSA) is 48.5 Å².